The van der Waals surface area contributed by atoms with Gasteiger partial charge in [0, 0.05) is 20.1 Å². The molecule has 2 fully saturated rings. The SMILES string of the molecule is C=C(NC(=O)/C(=C(\N)C(=C)C(C)(C)C)N(C)N)N(CC1CCCCC1)CC1CCNCC1.C=O.CC.Cc1ccccc1. The van der Waals surface area contributed by atoms with E-state index in [1.807, 2.05) is 59.6 Å². The van der Waals surface area contributed by atoms with Crippen molar-refractivity contribution in [1.29, 1.82) is 0 Å². The number of amides is 1. The van der Waals surface area contributed by atoms with Crippen LogP contribution in [0.5, 0.6) is 0 Å². The van der Waals surface area contributed by atoms with Gasteiger partial charge in [0.25, 0.3) is 5.91 Å². The van der Waals surface area contributed by atoms with Crippen molar-refractivity contribution in [2.75, 3.05) is 33.2 Å². The van der Waals surface area contributed by atoms with Crippen LogP contribution in [0.3, 0.4) is 0 Å². The summed E-state index contributed by atoms with van der Waals surface area (Å²) in [7, 11) is 1.62. The topological polar surface area (TPSA) is 117 Å². The monoisotopic (exact) mass is 598 g/mol. The number of hydrogen-bond acceptors (Lipinski definition) is 7. The number of nitrogens with zero attached hydrogens (tertiary/aromatic N) is 2. The van der Waals surface area contributed by atoms with Gasteiger partial charge < -0.3 is 31.1 Å². The Balaban J connectivity index is 0.00000136. The number of likely N-dealkylation sites (N-methyl/N-ethyl adjacent to an activating group) is 1. The van der Waals surface area contributed by atoms with Gasteiger partial charge in [0.15, 0.2) is 0 Å². The summed E-state index contributed by atoms with van der Waals surface area (Å²) in [6.07, 6.45) is 8.71. The number of hydrazine groups is 1. The van der Waals surface area contributed by atoms with Gasteiger partial charge in [-0.25, -0.2) is 5.84 Å². The Morgan fingerprint density at radius 2 is 1.44 bits per heavy atom. The van der Waals surface area contributed by atoms with E-state index in [9.17, 15) is 4.79 Å². The van der Waals surface area contributed by atoms with Crippen LogP contribution in [-0.4, -0.2) is 55.8 Å². The van der Waals surface area contributed by atoms with Crippen molar-refractivity contribution < 1.29 is 9.59 Å². The highest BCUT2D eigenvalue weighted by atomic mass is 16.2. The van der Waals surface area contributed by atoms with Gasteiger partial charge in [-0.2, -0.15) is 0 Å². The molecule has 0 radical (unpaired) electrons. The summed E-state index contributed by atoms with van der Waals surface area (Å²) in [5.41, 5.74) is 8.60. The molecule has 3 rings (SSSR count). The third kappa shape index (κ3) is 15.3. The summed E-state index contributed by atoms with van der Waals surface area (Å²) in [6.45, 7) is 26.4. The fourth-order valence-corrected chi connectivity index (χ4v) is 5.18. The van der Waals surface area contributed by atoms with E-state index < -0.39 is 0 Å². The maximum absolute atomic E-state index is 13.2. The Morgan fingerprint density at radius 3 is 1.86 bits per heavy atom. The molecule has 0 aromatic heterocycles. The second kappa shape index (κ2) is 21.6. The van der Waals surface area contributed by atoms with Crippen molar-refractivity contribution in [2.24, 2.45) is 28.8 Å². The number of carbonyl (C=O) groups is 2. The van der Waals surface area contributed by atoms with Crippen molar-refractivity contribution in [3.63, 3.8) is 0 Å². The van der Waals surface area contributed by atoms with Crippen LogP contribution in [0.2, 0.25) is 0 Å². The highest BCUT2D eigenvalue weighted by Crippen LogP contribution is 2.29. The minimum absolute atomic E-state index is 0.213. The van der Waals surface area contributed by atoms with Crippen molar-refractivity contribution in [1.82, 2.24) is 20.5 Å². The van der Waals surface area contributed by atoms with Crippen LogP contribution >= 0.6 is 0 Å². The van der Waals surface area contributed by atoms with E-state index in [4.69, 9.17) is 16.4 Å². The first-order chi connectivity index (χ1) is 20.4. The van der Waals surface area contributed by atoms with E-state index in [-0.39, 0.29) is 17.0 Å². The molecule has 1 heterocycles. The zero-order valence-electron chi connectivity index (χ0n) is 28.3. The summed E-state index contributed by atoms with van der Waals surface area (Å²) in [4.78, 5) is 23.5. The van der Waals surface area contributed by atoms with Crippen LogP contribution in [0.1, 0.15) is 85.1 Å². The third-order valence-electron chi connectivity index (χ3n) is 7.77. The van der Waals surface area contributed by atoms with E-state index in [1.165, 1.54) is 42.7 Å². The largest absolute Gasteiger partial charge is 0.397 e. The summed E-state index contributed by atoms with van der Waals surface area (Å²) in [5, 5.41) is 7.71. The van der Waals surface area contributed by atoms with E-state index in [0.717, 1.165) is 39.0 Å². The Morgan fingerprint density at radius 1 is 0.953 bits per heavy atom. The number of benzene rings is 1. The van der Waals surface area contributed by atoms with Crippen LogP contribution < -0.4 is 22.2 Å². The van der Waals surface area contributed by atoms with Crippen molar-refractivity contribution in [3.8, 4) is 0 Å². The molecular formula is C35H62N6O2. The maximum Gasteiger partial charge on any atom is 0.276 e. The van der Waals surface area contributed by atoms with Gasteiger partial charge in [-0.1, -0.05) is 103 Å². The smallest absolute Gasteiger partial charge is 0.276 e. The maximum atomic E-state index is 13.2. The molecule has 1 aliphatic carbocycles. The lowest BCUT2D eigenvalue weighted by atomic mass is 9.85. The number of piperidine rings is 1. The van der Waals surface area contributed by atoms with Gasteiger partial charge in [-0.05, 0) is 68.5 Å². The summed E-state index contributed by atoms with van der Waals surface area (Å²) in [5.74, 6) is 7.55. The average molecular weight is 599 g/mol. The number of aryl methyl sites for hydroxylation is 1. The van der Waals surface area contributed by atoms with Gasteiger partial charge in [0.2, 0.25) is 0 Å². The minimum atomic E-state index is -0.346. The molecule has 1 aromatic rings. The van der Waals surface area contributed by atoms with Crippen LogP contribution in [0.25, 0.3) is 0 Å². The Bertz CT molecular complexity index is 952. The number of allylic oxidation sites excluding steroid dienone is 1. The molecule has 1 saturated carbocycles. The lowest BCUT2D eigenvalue weighted by molar-refractivity contribution is -0.118. The molecule has 8 nitrogen and oxygen atoms in total. The molecule has 1 aliphatic heterocycles. The first kappa shape index (κ1) is 39.9. The molecule has 8 heteroatoms. The second-order valence-electron chi connectivity index (χ2n) is 12.3. The van der Waals surface area contributed by atoms with Crippen molar-refractivity contribution in [3.05, 3.63) is 71.8 Å². The van der Waals surface area contributed by atoms with Crippen LogP contribution in [0.4, 0.5) is 0 Å². The highest BCUT2D eigenvalue weighted by molar-refractivity contribution is 5.95. The average Bonchev–Trinajstić information content (AvgIpc) is 2.99. The molecule has 0 unspecified atom stereocenters. The standard InChI is InChI=1S/C25H46N6O.C7H8.C2H6.CH2O/c1-18(25(3,4)5)22(26)23(30(6)27)24(32)29-19(2)31(16-20-10-8-7-9-11-20)17-21-12-14-28-15-13-21;1-7-5-3-2-4-6-7;2*1-2/h20-21,28H,1-2,7-17,26-27H2,3-6H3,(H,29,32);2-6H,1H3;1-2H3;1H2/b23-22+;;;. The van der Waals surface area contributed by atoms with E-state index in [1.54, 1.807) is 7.05 Å². The van der Waals surface area contributed by atoms with Crippen molar-refractivity contribution in [2.45, 2.75) is 86.5 Å². The zero-order chi connectivity index (χ0) is 33.0. The van der Waals surface area contributed by atoms with E-state index >= 15 is 0 Å². The fraction of sp³-hybridized carbons (Fsp3) is 0.600. The Kier molecular flexibility index (Phi) is 20.0. The summed E-state index contributed by atoms with van der Waals surface area (Å²) < 4.78 is 0. The molecule has 2 aliphatic rings. The molecule has 43 heavy (non-hydrogen) atoms. The number of hydrogen-bond donors (Lipinski definition) is 4. The molecule has 244 valence electrons. The molecule has 0 spiro atoms. The Labute approximate surface area is 263 Å². The molecule has 6 N–H and O–H groups in total. The molecule has 1 amide bonds. The third-order valence-corrected chi connectivity index (χ3v) is 7.77. The van der Waals surface area contributed by atoms with Gasteiger partial charge >= 0.3 is 0 Å². The van der Waals surface area contributed by atoms with Gasteiger partial charge in [0.05, 0.1) is 5.70 Å². The lowest BCUT2D eigenvalue weighted by Gasteiger charge is -2.36. The lowest BCUT2D eigenvalue weighted by Crippen LogP contribution is -2.45. The van der Waals surface area contributed by atoms with E-state index in [2.05, 4.69) is 47.7 Å². The predicted molar refractivity (Wildman–Crippen MR) is 182 cm³/mol. The zero-order valence-corrected chi connectivity index (χ0v) is 28.3. The minimum Gasteiger partial charge on any atom is -0.397 e. The quantitative estimate of drug-likeness (QED) is 0.122. The first-order valence-corrected chi connectivity index (χ1v) is 15.8. The molecule has 1 saturated heterocycles. The molecule has 1 aromatic carbocycles. The number of nitrogens with two attached hydrogens (primary N) is 2. The van der Waals surface area contributed by atoms with Gasteiger partial charge in [0.1, 0.15) is 18.3 Å². The second-order valence-corrected chi connectivity index (χ2v) is 12.3. The van der Waals surface area contributed by atoms with E-state index in [0.29, 0.717) is 28.9 Å². The van der Waals surface area contributed by atoms with Crippen LogP contribution in [0.15, 0.2) is 66.3 Å². The normalized spacial score (nSPS) is 15.9. The molecular weight excluding hydrogens is 536 g/mol. The summed E-state index contributed by atoms with van der Waals surface area (Å²) >= 11 is 0. The van der Waals surface area contributed by atoms with Crippen LogP contribution in [0, 0.1) is 24.2 Å². The predicted octanol–water partition coefficient (Wildman–Crippen LogP) is 5.87. The summed E-state index contributed by atoms with van der Waals surface area (Å²) in [6, 6.07) is 10.3. The highest BCUT2D eigenvalue weighted by Gasteiger charge is 2.27. The molecule has 0 atom stereocenters. The first-order valence-electron chi connectivity index (χ1n) is 15.8. The fourth-order valence-electron chi connectivity index (χ4n) is 5.18. The van der Waals surface area contributed by atoms with Crippen LogP contribution in [-0.2, 0) is 9.59 Å². The number of rotatable bonds is 9. The molecule has 0 bridgehead atoms. The van der Waals surface area contributed by atoms with Gasteiger partial charge in [-0.15, -0.1) is 0 Å². The Hall–Kier alpha value is -3.10. The number of carbonyl (C=O) groups excluding carboxylic acids is 2. The van der Waals surface area contributed by atoms with Crippen molar-refractivity contribution >= 4 is 12.7 Å². The van der Waals surface area contributed by atoms with Gasteiger partial charge in [-0.3, -0.25) is 4.79 Å². The number of nitrogens with one attached hydrogen (secondary N) is 2.